The zero-order valence-electron chi connectivity index (χ0n) is 15.5. The molecule has 1 atom stereocenters. The van der Waals surface area contributed by atoms with Crippen molar-refractivity contribution in [3.63, 3.8) is 0 Å². The number of urea groups is 1. The van der Waals surface area contributed by atoms with Crippen LogP contribution < -0.4 is 5.32 Å². The van der Waals surface area contributed by atoms with Gasteiger partial charge in [0.2, 0.25) is 0 Å². The van der Waals surface area contributed by atoms with Gasteiger partial charge in [0.1, 0.15) is 0 Å². The van der Waals surface area contributed by atoms with Crippen LogP contribution in [0.2, 0.25) is 0 Å². The minimum absolute atomic E-state index is 0.110. The van der Waals surface area contributed by atoms with Gasteiger partial charge in [-0.05, 0) is 37.8 Å². The number of nitrogens with zero attached hydrogens (tertiary/aromatic N) is 3. The van der Waals surface area contributed by atoms with Crippen molar-refractivity contribution in [1.82, 2.24) is 20.0 Å². The van der Waals surface area contributed by atoms with Crippen molar-refractivity contribution in [3.8, 4) is 0 Å². The number of carbonyl (C=O) groups excluding carboxylic acids is 1. The number of piperidine rings is 1. The number of amides is 2. The normalized spacial score (nSPS) is 22.8. The molecule has 25 heavy (non-hydrogen) atoms. The molecule has 0 aromatic heterocycles. The molecule has 0 saturated carbocycles. The molecule has 2 aliphatic rings. The van der Waals surface area contributed by atoms with Crippen LogP contribution in [0.4, 0.5) is 4.79 Å². The quantitative estimate of drug-likeness (QED) is 0.887. The van der Waals surface area contributed by atoms with Crippen molar-refractivity contribution < 1.29 is 4.79 Å². The number of likely N-dealkylation sites (tertiary alicyclic amines) is 1. The molecule has 0 radical (unpaired) electrons. The predicted molar refractivity (Wildman–Crippen MR) is 102 cm³/mol. The van der Waals surface area contributed by atoms with Crippen molar-refractivity contribution in [2.24, 2.45) is 5.92 Å². The Morgan fingerprint density at radius 1 is 1.12 bits per heavy atom. The van der Waals surface area contributed by atoms with E-state index in [0.29, 0.717) is 12.5 Å². The number of nitrogens with one attached hydrogen (secondary N) is 1. The fourth-order valence-electron chi connectivity index (χ4n) is 3.86. The molecule has 2 aliphatic heterocycles. The molecule has 5 heteroatoms. The smallest absolute Gasteiger partial charge is 0.317 e. The molecule has 3 rings (SSSR count). The molecule has 2 fully saturated rings. The molecule has 0 unspecified atom stereocenters. The predicted octanol–water partition coefficient (Wildman–Crippen LogP) is 1.90. The van der Waals surface area contributed by atoms with Crippen molar-refractivity contribution in [3.05, 3.63) is 35.9 Å². The molecule has 1 aromatic carbocycles. The largest absolute Gasteiger partial charge is 0.338 e. The standard InChI is InChI=1S/C20H32N4O/c1-22-12-14-23(15-13-22)16-19-8-5-11-24(17-19)20(25)21-10-9-18-6-3-2-4-7-18/h2-4,6-7,19H,5,8-17H2,1H3,(H,21,25)/t19-/m0/s1. The number of rotatable bonds is 5. The summed E-state index contributed by atoms with van der Waals surface area (Å²) in [6.45, 7) is 8.31. The summed E-state index contributed by atoms with van der Waals surface area (Å²) in [4.78, 5) is 19.5. The second-order valence-corrected chi connectivity index (χ2v) is 7.53. The second kappa shape index (κ2) is 9.20. The second-order valence-electron chi connectivity index (χ2n) is 7.53. The third-order valence-electron chi connectivity index (χ3n) is 5.45. The first kappa shape index (κ1) is 18.2. The van der Waals surface area contributed by atoms with E-state index in [1.807, 2.05) is 23.1 Å². The lowest BCUT2D eigenvalue weighted by atomic mass is 9.97. The SMILES string of the molecule is CN1CCN(C[C@@H]2CCCN(C(=O)NCCc3ccccc3)C2)CC1. The van der Waals surface area contributed by atoms with Crippen LogP contribution in [0, 0.1) is 5.92 Å². The third kappa shape index (κ3) is 5.72. The maximum Gasteiger partial charge on any atom is 0.317 e. The molecule has 0 bridgehead atoms. The Kier molecular flexibility index (Phi) is 6.70. The molecule has 0 aliphatic carbocycles. The number of piperazine rings is 1. The van der Waals surface area contributed by atoms with E-state index >= 15 is 0 Å². The van der Waals surface area contributed by atoms with Crippen LogP contribution in [0.15, 0.2) is 30.3 Å². The molecule has 138 valence electrons. The first-order valence-electron chi connectivity index (χ1n) is 9.68. The van der Waals surface area contributed by atoms with E-state index in [9.17, 15) is 4.79 Å². The van der Waals surface area contributed by atoms with Crippen LogP contribution in [0.1, 0.15) is 18.4 Å². The highest BCUT2D eigenvalue weighted by molar-refractivity contribution is 5.74. The molecular formula is C20H32N4O. The van der Waals surface area contributed by atoms with Crippen LogP contribution in [0.25, 0.3) is 0 Å². The summed E-state index contributed by atoms with van der Waals surface area (Å²) in [5, 5.41) is 3.10. The van der Waals surface area contributed by atoms with Gasteiger partial charge >= 0.3 is 6.03 Å². The average Bonchev–Trinajstić information content (AvgIpc) is 2.65. The van der Waals surface area contributed by atoms with Gasteiger partial charge in [-0.3, -0.25) is 0 Å². The minimum atomic E-state index is 0.110. The molecule has 5 nitrogen and oxygen atoms in total. The van der Waals surface area contributed by atoms with E-state index in [4.69, 9.17) is 0 Å². The Hall–Kier alpha value is -1.59. The summed E-state index contributed by atoms with van der Waals surface area (Å²) in [5.74, 6) is 0.622. The summed E-state index contributed by atoms with van der Waals surface area (Å²) in [7, 11) is 2.19. The van der Waals surface area contributed by atoms with Crippen LogP contribution in [-0.2, 0) is 6.42 Å². The molecule has 1 N–H and O–H groups in total. The fraction of sp³-hybridized carbons (Fsp3) is 0.650. The monoisotopic (exact) mass is 344 g/mol. The Bertz CT molecular complexity index is 528. The Labute approximate surface area is 152 Å². The van der Waals surface area contributed by atoms with Crippen LogP contribution >= 0.6 is 0 Å². The van der Waals surface area contributed by atoms with E-state index in [1.165, 1.54) is 12.0 Å². The summed E-state index contributed by atoms with van der Waals surface area (Å²) in [6.07, 6.45) is 3.27. The summed E-state index contributed by atoms with van der Waals surface area (Å²) in [6, 6.07) is 10.4. The van der Waals surface area contributed by atoms with Crippen molar-refractivity contribution >= 4 is 6.03 Å². The third-order valence-corrected chi connectivity index (χ3v) is 5.45. The van der Waals surface area contributed by atoms with Gasteiger partial charge < -0.3 is 20.0 Å². The molecule has 0 spiro atoms. The Balaban J connectivity index is 1.39. The lowest BCUT2D eigenvalue weighted by Gasteiger charge is -2.38. The van der Waals surface area contributed by atoms with Crippen molar-refractivity contribution in [2.45, 2.75) is 19.3 Å². The average molecular weight is 345 g/mol. The molecule has 1 aromatic rings. The summed E-state index contributed by atoms with van der Waals surface area (Å²) >= 11 is 0. The highest BCUT2D eigenvalue weighted by Crippen LogP contribution is 2.18. The van der Waals surface area contributed by atoms with Gasteiger partial charge in [-0.2, -0.15) is 0 Å². The van der Waals surface area contributed by atoms with E-state index in [0.717, 1.165) is 58.7 Å². The zero-order valence-corrected chi connectivity index (χ0v) is 15.5. The Morgan fingerprint density at radius 2 is 1.88 bits per heavy atom. The van der Waals surface area contributed by atoms with E-state index in [1.54, 1.807) is 0 Å². The number of carbonyl (C=O) groups is 1. The van der Waals surface area contributed by atoms with E-state index < -0.39 is 0 Å². The van der Waals surface area contributed by atoms with Crippen LogP contribution in [0.3, 0.4) is 0 Å². The number of likely N-dealkylation sites (N-methyl/N-ethyl adjacent to an activating group) is 1. The zero-order chi connectivity index (χ0) is 17.5. The van der Waals surface area contributed by atoms with Gasteiger partial charge in [-0.15, -0.1) is 0 Å². The molecule has 2 heterocycles. The molecular weight excluding hydrogens is 312 g/mol. The number of hydrogen-bond donors (Lipinski definition) is 1. The highest BCUT2D eigenvalue weighted by atomic mass is 16.2. The van der Waals surface area contributed by atoms with Gasteiger partial charge in [0.15, 0.2) is 0 Å². The highest BCUT2D eigenvalue weighted by Gasteiger charge is 2.26. The van der Waals surface area contributed by atoms with E-state index in [-0.39, 0.29) is 6.03 Å². The Morgan fingerprint density at radius 3 is 2.64 bits per heavy atom. The minimum Gasteiger partial charge on any atom is -0.338 e. The van der Waals surface area contributed by atoms with Gasteiger partial charge in [0.05, 0.1) is 0 Å². The van der Waals surface area contributed by atoms with Gasteiger partial charge in [-0.25, -0.2) is 4.79 Å². The van der Waals surface area contributed by atoms with E-state index in [2.05, 4.69) is 34.3 Å². The lowest BCUT2D eigenvalue weighted by Crippen LogP contribution is -2.50. The summed E-state index contributed by atoms with van der Waals surface area (Å²) < 4.78 is 0. The van der Waals surface area contributed by atoms with Crippen LogP contribution in [-0.4, -0.2) is 80.1 Å². The van der Waals surface area contributed by atoms with Gasteiger partial charge in [0, 0.05) is 52.4 Å². The number of hydrogen-bond acceptors (Lipinski definition) is 3. The van der Waals surface area contributed by atoms with Gasteiger partial charge in [-0.1, -0.05) is 30.3 Å². The fourth-order valence-corrected chi connectivity index (χ4v) is 3.86. The maximum atomic E-state index is 12.5. The maximum absolute atomic E-state index is 12.5. The van der Waals surface area contributed by atoms with Crippen molar-refractivity contribution in [2.75, 3.05) is 59.4 Å². The molecule has 2 amide bonds. The van der Waals surface area contributed by atoms with Crippen LogP contribution in [0.5, 0.6) is 0 Å². The topological polar surface area (TPSA) is 38.8 Å². The lowest BCUT2D eigenvalue weighted by molar-refractivity contribution is 0.106. The van der Waals surface area contributed by atoms with Gasteiger partial charge in [0.25, 0.3) is 0 Å². The first-order chi connectivity index (χ1) is 12.2. The summed E-state index contributed by atoms with van der Waals surface area (Å²) in [5.41, 5.74) is 1.27. The number of benzene rings is 1. The molecule has 2 saturated heterocycles. The van der Waals surface area contributed by atoms with Crippen molar-refractivity contribution in [1.29, 1.82) is 0 Å². The first-order valence-corrected chi connectivity index (χ1v) is 9.68.